The van der Waals surface area contributed by atoms with Crippen molar-refractivity contribution in [3.63, 3.8) is 0 Å². The van der Waals surface area contributed by atoms with Crippen molar-refractivity contribution < 1.29 is 9.90 Å². The number of carbonyl (C=O) groups excluding carboxylic acids is 1. The summed E-state index contributed by atoms with van der Waals surface area (Å²) in [6.45, 7) is 8.04. The van der Waals surface area contributed by atoms with E-state index >= 15 is 0 Å². The van der Waals surface area contributed by atoms with Gasteiger partial charge in [-0.25, -0.2) is 0 Å². The van der Waals surface area contributed by atoms with Gasteiger partial charge in [-0.2, -0.15) is 0 Å². The van der Waals surface area contributed by atoms with Crippen LogP contribution in [-0.2, 0) is 7.05 Å². The average Bonchev–Trinajstić information content (AvgIpc) is 2.38. The number of aromatic nitrogens is 1. The molecule has 0 aliphatic heterocycles. The molecular formula is C15H24N2O3. The first-order valence-electron chi connectivity index (χ1n) is 6.78. The Morgan fingerprint density at radius 1 is 1.45 bits per heavy atom. The van der Waals surface area contributed by atoms with Gasteiger partial charge < -0.3 is 15.0 Å². The Morgan fingerprint density at radius 3 is 2.55 bits per heavy atom. The van der Waals surface area contributed by atoms with Crippen molar-refractivity contribution in [2.75, 3.05) is 6.54 Å². The Kier molecular flexibility index (Phi) is 5.11. The average molecular weight is 280 g/mol. The molecule has 0 aromatic carbocycles. The lowest BCUT2D eigenvalue weighted by molar-refractivity contribution is 0.0138. The molecule has 1 heterocycles. The third-order valence-electron chi connectivity index (χ3n) is 3.50. The summed E-state index contributed by atoms with van der Waals surface area (Å²) < 4.78 is 1.41. The van der Waals surface area contributed by atoms with Gasteiger partial charge in [0.2, 0.25) is 0 Å². The molecular weight excluding hydrogens is 256 g/mol. The summed E-state index contributed by atoms with van der Waals surface area (Å²) >= 11 is 0. The van der Waals surface area contributed by atoms with Gasteiger partial charge in [0, 0.05) is 36.8 Å². The molecule has 1 amide bonds. The second kappa shape index (κ2) is 6.22. The number of pyridine rings is 1. The van der Waals surface area contributed by atoms with Crippen LogP contribution < -0.4 is 10.9 Å². The molecule has 0 fully saturated rings. The van der Waals surface area contributed by atoms with Crippen LogP contribution in [0, 0.1) is 11.3 Å². The van der Waals surface area contributed by atoms with Gasteiger partial charge in [-0.15, -0.1) is 0 Å². The summed E-state index contributed by atoms with van der Waals surface area (Å²) in [5.74, 6) is -0.183. The molecule has 1 aromatic heterocycles. The Hall–Kier alpha value is -1.62. The highest BCUT2D eigenvalue weighted by Gasteiger charge is 2.30. The van der Waals surface area contributed by atoms with Crippen molar-refractivity contribution >= 4 is 5.91 Å². The lowest BCUT2D eigenvalue weighted by atomic mass is 9.80. The van der Waals surface area contributed by atoms with Gasteiger partial charge >= 0.3 is 0 Å². The van der Waals surface area contributed by atoms with E-state index in [1.165, 1.54) is 10.6 Å². The van der Waals surface area contributed by atoms with Crippen molar-refractivity contribution in [1.29, 1.82) is 0 Å². The van der Waals surface area contributed by atoms with Crippen LogP contribution in [0.15, 0.2) is 23.1 Å². The van der Waals surface area contributed by atoms with E-state index in [1.54, 1.807) is 19.3 Å². The molecule has 5 nitrogen and oxygen atoms in total. The highest BCUT2D eigenvalue weighted by molar-refractivity contribution is 5.93. The third kappa shape index (κ3) is 3.93. The van der Waals surface area contributed by atoms with E-state index in [0.717, 1.165) is 0 Å². The van der Waals surface area contributed by atoms with Crippen LogP contribution in [0.2, 0.25) is 0 Å². The van der Waals surface area contributed by atoms with Crippen LogP contribution in [-0.4, -0.2) is 28.2 Å². The van der Waals surface area contributed by atoms with Crippen LogP contribution in [0.1, 0.15) is 38.1 Å². The first-order chi connectivity index (χ1) is 9.15. The fourth-order valence-electron chi connectivity index (χ4n) is 2.11. The van der Waals surface area contributed by atoms with E-state index in [0.29, 0.717) is 12.1 Å². The monoisotopic (exact) mass is 280 g/mol. The molecule has 2 N–H and O–H groups in total. The SMILES string of the molecule is CC(C)C(O)C(C)(C)CNC(=O)c1ccn(C)c(=O)c1. The van der Waals surface area contributed by atoms with Crippen LogP contribution in [0.25, 0.3) is 0 Å². The smallest absolute Gasteiger partial charge is 0.251 e. The van der Waals surface area contributed by atoms with Gasteiger partial charge in [0.1, 0.15) is 0 Å². The first-order valence-corrected chi connectivity index (χ1v) is 6.78. The molecule has 1 rings (SSSR count). The maximum Gasteiger partial charge on any atom is 0.251 e. The van der Waals surface area contributed by atoms with Crippen molar-refractivity contribution in [1.82, 2.24) is 9.88 Å². The summed E-state index contributed by atoms with van der Waals surface area (Å²) in [4.78, 5) is 23.5. The van der Waals surface area contributed by atoms with Gasteiger partial charge in [0.15, 0.2) is 0 Å². The number of hydrogen-bond acceptors (Lipinski definition) is 3. The zero-order valence-corrected chi connectivity index (χ0v) is 12.8. The van der Waals surface area contributed by atoms with E-state index in [2.05, 4.69) is 5.32 Å². The second-order valence-electron chi connectivity index (χ2n) is 6.22. The molecule has 1 atom stereocenters. The Bertz CT molecular complexity index is 532. The Balaban J connectivity index is 2.72. The number of aliphatic hydroxyl groups excluding tert-OH is 1. The van der Waals surface area contributed by atoms with E-state index in [9.17, 15) is 14.7 Å². The van der Waals surface area contributed by atoms with Gasteiger partial charge in [0.25, 0.3) is 11.5 Å². The number of amides is 1. The molecule has 1 unspecified atom stereocenters. The number of aliphatic hydroxyl groups is 1. The summed E-state index contributed by atoms with van der Waals surface area (Å²) in [6, 6.07) is 2.91. The minimum absolute atomic E-state index is 0.117. The number of nitrogens with zero attached hydrogens (tertiary/aromatic N) is 1. The Morgan fingerprint density at radius 2 is 2.05 bits per heavy atom. The van der Waals surface area contributed by atoms with Crippen LogP contribution in [0.4, 0.5) is 0 Å². The topological polar surface area (TPSA) is 71.3 Å². The fourth-order valence-corrected chi connectivity index (χ4v) is 2.11. The second-order valence-corrected chi connectivity index (χ2v) is 6.22. The van der Waals surface area contributed by atoms with Crippen LogP contribution in [0.5, 0.6) is 0 Å². The molecule has 0 saturated heterocycles. The van der Waals surface area contributed by atoms with Crippen molar-refractivity contribution in [2.24, 2.45) is 18.4 Å². The van der Waals surface area contributed by atoms with E-state index in [1.807, 2.05) is 27.7 Å². The van der Waals surface area contributed by atoms with E-state index < -0.39 is 11.5 Å². The minimum atomic E-state index is -0.508. The molecule has 5 heteroatoms. The molecule has 0 aliphatic rings. The normalized spacial score (nSPS) is 13.3. The molecule has 0 bridgehead atoms. The van der Waals surface area contributed by atoms with E-state index in [4.69, 9.17) is 0 Å². The largest absolute Gasteiger partial charge is 0.392 e. The summed E-state index contributed by atoms with van der Waals surface area (Å²) in [6.07, 6.45) is 1.05. The minimum Gasteiger partial charge on any atom is -0.392 e. The molecule has 0 spiro atoms. The molecule has 112 valence electrons. The van der Waals surface area contributed by atoms with Gasteiger partial charge in [-0.3, -0.25) is 9.59 Å². The zero-order chi connectivity index (χ0) is 15.5. The highest BCUT2D eigenvalue weighted by atomic mass is 16.3. The van der Waals surface area contributed by atoms with Crippen LogP contribution >= 0.6 is 0 Å². The summed E-state index contributed by atoms with van der Waals surface area (Å²) in [7, 11) is 1.63. The van der Waals surface area contributed by atoms with Crippen LogP contribution in [0.3, 0.4) is 0 Å². The molecule has 20 heavy (non-hydrogen) atoms. The number of carbonyl (C=O) groups is 1. The zero-order valence-electron chi connectivity index (χ0n) is 12.8. The maximum atomic E-state index is 12.0. The first kappa shape index (κ1) is 16.4. The maximum absolute atomic E-state index is 12.0. The molecule has 1 aromatic rings. The van der Waals surface area contributed by atoms with Gasteiger partial charge in [-0.1, -0.05) is 27.7 Å². The molecule has 0 aliphatic carbocycles. The van der Waals surface area contributed by atoms with E-state index in [-0.39, 0.29) is 17.4 Å². The lowest BCUT2D eigenvalue weighted by Crippen LogP contribution is -2.43. The van der Waals surface area contributed by atoms with Gasteiger partial charge in [0.05, 0.1) is 6.10 Å². The summed E-state index contributed by atoms with van der Waals surface area (Å²) in [5, 5.41) is 12.9. The summed E-state index contributed by atoms with van der Waals surface area (Å²) in [5.41, 5.74) is -0.314. The highest BCUT2D eigenvalue weighted by Crippen LogP contribution is 2.25. The third-order valence-corrected chi connectivity index (χ3v) is 3.50. The predicted molar refractivity (Wildman–Crippen MR) is 78.6 cm³/mol. The van der Waals surface area contributed by atoms with Crippen molar-refractivity contribution in [3.8, 4) is 0 Å². The lowest BCUT2D eigenvalue weighted by Gasteiger charge is -2.33. The number of rotatable bonds is 5. The molecule has 0 saturated carbocycles. The van der Waals surface area contributed by atoms with Gasteiger partial charge in [-0.05, 0) is 12.0 Å². The number of nitrogens with one attached hydrogen (secondary N) is 1. The van der Waals surface area contributed by atoms with Crippen molar-refractivity contribution in [2.45, 2.75) is 33.8 Å². The standard InChI is InChI=1S/C15H24N2O3/c1-10(2)13(19)15(3,4)9-16-14(20)11-6-7-17(5)12(18)8-11/h6-8,10,13,19H,9H2,1-5H3,(H,16,20). The fraction of sp³-hybridized carbons (Fsp3) is 0.600. The number of aryl methyl sites for hydroxylation is 1. The van der Waals surface area contributed by atoms with Crippen molar-refractivity contribution in [3.05, 3.63) is 34.2 Å². The Labute approximate surface area is 119 Å². The number of hydrogen-bond donors (Lipinski definition) is 2. The molecule has 0 radical (unpaired) electrons. The predicted octanol–water partition coefficient (Wildman–Crippen LogP) is 1.16. The quantitative estimate of drug-likeness (QED) is 0.850.